The van der Waals surface area contributed by atoms with E-state index in [-0.39, 0.29) is 18.0 Å². The minimum atomic E-state index is -0.246. The molecule has 0 saturated carbocycles. The molecule has 29 heavy (non-hydrogen) atoms. The molecule has 0 spiro atoms. The van der Waals surface area contributed by atoms with Crippen molar-refractivity contribution in [3.05, 3.63) is 56.9 Å². The van der Waals surface area contributed by atoms with Crippen LogP contribution in [0.5, 0.6) is 11.5 Å². The van der Waals surface area contributed by atoms with Crippen molar-refractivity contribution in [3.63, 3.8) is 0 Å². The van der Waals surface area contributed by atoms with Crippen molar-refractivity contribution in [3.8, 4) is 17.6 Å². The second-order valence-electron chi connectivity index (χ2n) is 6.16. The summed E-state index contributed by atoms with van der Waals surface area (Å²) in [5.41, 5.74) is 2.75. The lowest BCUT2D eigenvalue weighted by Crippen LogP contribution is -2.30. The molecule has 1 fully saturated rings. The van der Waals surface area contributed by atoms with Gasteiger partial charge in [0.2, 0.25) is 0 Å². The molecule has 2 aromatic rings. The minimum Gasteiger partial charge on any atom is -0.493 e. The van der Waals surface area contributed by atoms with Gasteiger partial charge in [-0.2, -0.15) is 5.26 Å². The molecular formula is C21H20BrN3O3S. The van der Waals surface area contributed by atoms with E-state index in [4.69, 9.17) is 14.7 Å². The molecule has 1 amide bonds. The van der Waals surface area contributed by atoms with E-state index in [9.17, 15) is 4.79 Å². The number of rotatable bonds is 7. The summed E-state index contributed by atoms with van der Waals surface area (Å²) in [5.74, 6) is 0.794. The number of carbonyl (C=O) groups excluding carboxylic acids is 1. The molecule has 1 aliphatic heterocycles. The molecule has 1 heterocycles. The van der Waals surface area contributed by atoms with E-state index in [1.807, 2.05) is 24.3 Å². The van der Waals surface area contributed by atoms with Crippen molar-refractivity contribution in [1.82, 2.24) is 5.32 Å². The molecule has 150 valence electrons. The summed E-state index contributed by atoms with van der Waals surface area (Å²) in [6, 6.07) is 13.7. The summed E-state index contributed by atoms with van der Waals surface area (Å²) < 4.78 is 11.4. The van der Waals surface area contributed by atoms with E-state index in [0.717, 1.165) is 17.7 Å². The van der Waals surface area contributed by atoms with Crippen LogP contribution in [0.25, 0.3) is 6.08 Å². The lowest BCUT2D eigenvalue weighted by molar-refractivity contribution is -0.116. The number of anilines is 1. The van der Waals surface area contributed by atoms with Gasteiger partial charge in [0.15, 0.2) is 23.6 Å². The molecule has 0 radical (unpaired) electrons. The molecule has 8 heteroatoms. The summed E-state index contributed by atoms with van der Waals surface area (Å²) in [6.07, 6.45) is 2.78. The van der Waals surface area contributed by atoms with E-state index in [0.29, 0.717) is 20.9 Å². The van der Waals surface area contributed by atoms with Gasteiger partial charge in [0.25, 0.3) is 5.91 Å². The zero-order chi connectivity index (χ0) is 20.8. The highest BCUT2D eigenvalue weighted by molar-refractivity contribution is 9.10. The van der Waals surface area contributed by atoms with Gasteiger partial charge >= 0.3 is 0 Å². The number of thioether (sulfide) groups is 1. The van der Waals surface area contributed by atoms with E-state index in [1.165, 1.54) is 24.4 Å². The Labute approximate surface area is 182 Å². The van der Waals surface area contributed by atoms with E-state index in [1.54, 1.807) is 12.1 Å². The van der Waals surface area contributed by atoms with E-state index >= 15 is 0 Å². The van der Waals surface area contributed by atoms with Crippen molar-refractivity contribution >= 4 is 45.4 Å². The third-order valence-electron chi connectivity index (χ3n) is 4.22. The number of methoxy groups -OCH3 is 1. The highest BCUT2D eigenvalue weighted by atomic mass is 79.9. The van der Waals surface area contributed by atoms with Crippen molar-refractivity contribution in [1.29, 1.82) is 5.26 Å². The predicted octanol–water partition coefficient (Wildman–Crippen LogP) is 4.52. The Kier molecular flexibility index (Phi) is 7.07. The van der Waals surface area contributed by atoms with Gasteiger partial charge < -0.3 is 20.1 Å². The number of benzene rings is 2. The fourth-order valence-electron chi connectivity index (χ4n) is 2.77. The van der Waals surface area contributed by atoms with Gasteiger partial charge in [0.1, 0.15) is 6.07 Å². The van der Waals surface area contributed by atoms with E-state index < -0.39 is 0 Å². The first kappa shape index (κ1) is 21.1. The normalized spacial score (nSPS) is 17.0. The molecule has 3 rings (SSSR count). The van der Waals surface area contributed by atoms with E-state index in [2.05, 4.69) is 45.6 Å². The fourth-order valence-corrected chi connectivity index (χ4v) is 4.33. The smallest absolute Gasteiger partial charge is 0.260 e. The Morgan fingerprint density at radius 1 is 1.34 bits per heavy atom. The van der Waals surface area contributed by atoms with Gasteiger partial charge in [-0.25, -0.2) is 0 Å². The van der Waals surface area contributed by atoms with Gasteiger partial charge in [-0.1, -0.05) is 30.8 Å². The molecule has 2 aromatic carbocycles. The number of hydrogen-bond donors (Lipinski definition) is 2. The first-order valence-corrected chi connectivity index (χ1v) is 10.6. The number of halogens is 1. The van der Waals surface area contributed by atoms with Crippen molar-refractivity contribution in [2.24, 2.45) is 0 Å². The summed E-state index contributed by atoms with van der Waals surface area (Å²) in [6.45, 7) is 2.03. The Morgan fingerprint density at radius 2 is 2.10 bits per heavy atom. The molecular weight excluding hydrogens is 454 g/mol. The largest absolute Gasteiger partial charge is 0.493 e. The number of carbonyl (C=O) groups is 1. The second-order valence-corrected chi connectivity index (χ2v) is 8.16. The second kappa shape index (κ2) is 9.72. The van der Waals surface area contributed by atoms with Crippen LogP contribution in [0, 0.1) is 11.3 Å². The quantitative estimate of drug-likeness (QED) is 0.575. The van der Waals surface area contributed by atoms with Crippen LogP contribution in [0.15, 0.2) is 45.8 Å². The molecule has 6 nitrogen and oxygen atoms in total. The molecule has 2 N–H and O–H groups in total. The molecule has 0 unspecified atom stereocenters. The summed E-state index contributed by atoms with van der Waals surface area (Å²) in [5, 5.41) is 15.0. The third kappa shape index (κ3) is 5.25. The molecule has 0 bridgehead atoms. The maximum Gasteiger partial charge on any atom is 0.260 e. The summed E-state index contributed by atoms with van der Waals surface area (Å²) in [4.78, 5) is 13.0. The SMILES string of the molecule is CCc1ccc(N[C@@H]2NC(=O)/C(=C/c3cc(Br)c(OCC#N)c(OC)c3)S2)cc1. The summed E-state index contributed by atoms with van der Waals surface area (Å²) in [7, 11) is 1.53. The first-order chi connectivity index (χ1) is 14.0. The Morgan fingerprint density at radius 3 is 2.76 bits per heavy atom. The lowest BCUT2D eigenvalue weighted by atomic mass is 10.1. The van der Waals surface area contributed by atoms with Crippen molar-refractivity contribution in [2.75, 3.05) is 19.0 Å². The van der Waals surface area contributed by atoms with Crippen LogP contribution >= 0.6 is 27.7 Å². The lowest BCUT2D eigenvalue weighted by Gasteiger charge is -2.13. The van der Waals surface area contributed by atoms with Crippen molar-refractivity contribution < 1.29 is 14.3 Å². The van der Waals surface area contributed by atoms with Gasteiger partial charge in [0.05, 0.1) is 16.5 Å². The van der Waals surface area contributed by atoms with Crippen LogP contribution < -0.4 is 20.1 Å². The Bertz CT molecular complexity index is 970. The zero-order valence-electron chi connectivity index (χ0n) is 16.0. The Hall–Kier alpha value is -2.63. The van der Waals surface area contributed by atoms with Gasteiger partial charge in [0, 0.05) is 5.69 Å². The topological polar surface area (TPSA) is 83.4 Å². The number of nitrogens with one attached hydrogen (secondary N) is 2. The first-order valence-electron chi connectivity index (χ1n) is 8.96. The van der Waals surface area contributed by atoms with Gasteiger partial charge in [-0.05, 0) is 63.8 Å². The standard InChI is InChI=1S/C21H20BrN3O3S/c1-3-13-4-6-15(7-5-13)24-21-25-20(26)18(29-21)12-14-10-16(22)19(28-9-8-23)17(11-14)27-2/h4-7,10-12,21,24H,3,9H2,1-2H3,(H,25,26)/b18-12-/t21-/m1/s1. The minimum absolute atomic E-state index is 0.0831. The average molecular weight is 474 g/mol. The number of ether oxygens (including phenoxy) is 2. The third-order valence-corrected chi connectivity index (χ3v) is 5.84. The van der Waals surface area contributed by atoms with Gasteiger partial charge in [-0.3, -0.25) is 4.79 Å². The number of amides is 1. The van der Waals surface area contributed by atoms with Crippen LogP contribution in [-0.2, 0) is 11.2 Å². The maximum atomic E-state index is 12.4. The molecule has 0 aromatic heterocycles. The number of aryl methyl sites for hydroxylation is 1. The number of nitriles is 1. The maximum absolute atomic E-state index is 12.4. The van der Waals surface area contributed by atoms with Crippen LogP contribution in [-0.4, -0.2) is 25.1 Å². The molecule has 1 aliphatic rings. The monoisotopic (exact) mass is 473 g/mol. The number of nitrogens with zero attached hydrogens (tertiary/aromatic N) is 1. The molecule has 0 aliphatic carbocycles. The van der Waals surface area contributed by atoms with Crippen LogP contribution in [0.4, 0.5) is 5.69 Å². The van der Waals surface area contributed by atoms with Crippen LogP contribution in [0.1, 0.15) is 18.1 Å². The summed E-state index contributed by atoms with van der Waals surface area (Å²) >= 11 is 4.85. The molecule has 1 saturated heterocycles. The molecule has 1 atom stereocenters. The zero-order valence-corrected chi connectivity index (χ0v) is 18.4. The Balaban J connectivity index is 1.75. The van der Waals surface area contributed by atoms with Crippen molar-refractivity contribution in [2.45, 2.75) is 18.8 Å². The highest BCUT2D eigenvalue weighted by Crippen LogP contribution is 2.38. The number of hydrogen-bond acceptors (Lipinski definition) is 6. The van der Waals surface area contributed by atoms with Crippen LogP contribution in [0.3, 0.4) is 0 Å². The average Bonchev–Trinajstić information content (AvgIpc) is 3.06. The highest BCUT2D eigenvalue weighted by Gasteiger charge is 2.27. The van der Waals surface area contributed by atoms with Crippen LogP contribution in [0.2, 0.25) is 0 Å². The predicted molar refractivity (Wildman–Crippen MR) is 119 cm³/mol. The fraction of sp³-hybridized carbons (Fsp3) is 0.238. The van der Waals surface area contributed by atoms with Gasteiger partial charge in [-0.15, -0.1) is 0 Å².